The Hall–Kier alpha value is -3.36. The van der Waals surface area contributed by atoms with Crippen LogP contribution in [0.4, 0.5) is 13.2 Å². The van der Waals surface area contributed by atoms with Crippen molar-refractivity contribution in [2.24, 2.45) is 5.92 Å². The first-order chi connectivity index (χ1) is 17.7. The zero-order valence-corrected chi connectivity index (χ0v) is 20.8. The lowest BCUT2D eigenvalue weighted by atomic mass is 10.0. The van der Waals surface area contributed by atoms with Crippen molar-refractivity contribution in [2.75, 3.05) is 0 Å². The Bertz CT molecular complexity index is 1400. The molecule has 5 nitrogen and oxygen atoms in total. The van der Waals surface area contributed by atoms with E-state index < -0.39 is 6.36 Å². The number of hydrogen-bond acceptors (Lipinski definition) is 4. The Morgan fingerprint density at radius 3 is 2.32 bits per heavy atom. The fourth-order valence-electron chi connectivity index (χ4n) is 4.34. The second kappa shape index (κ2) is 10.2. The molecule has 3 aromatic carbocycles. The third kappa shape index (κ3) is 6.14. The first kappa shape index (κ1) is 25.3. The topological polar surface area (TPSA) is 57.0 Å². The summed E-state index contributed by atoms with van der Waals surface area (Å²) in [5, 5.41) is 5.44. The van der Waals surface area contributed by atoms with E-state index in [9.17, 15) is 18.0 Å². The van der Waals surface area contributed by atoms with Gasteiger partial charge in [-0.2, -0.15) is 0 Å². The number of hydrogen-bond donors (Lipinski definition) is 0. The van der Waals surface area contributed by atoms with Crippen LogP contribution in [0.5, 0.6) is 5.75 Å². The van der Waals surface area contributed by atoms with Crippen LogP contribution < -0.4 is 4.74 Å². The molecule has 0 aliphatic heterocycles. The third-order valence-electron chi connectivity index (χ3n) is 6.27. The second-order valence-electron chi connectivity index (χ2n) is 8.90. The van der Waals surface area contributed by atoms with Crippen LogP contribution in [-0.4, -0.2) is 26.9 Å². The lowest BCUT2D eigenvalue weighted by Crippen LogP contribution is -2.17. The highest BCUT2D eigenvalue weighted by molar-refractivity contribution is 6.36. The highest BCUT2D eigenvalue weighted by Gasteiger charge is 2.39. The number of aromatic nitrogens is 3. The molecule has 0 bridgehead atoms. The van der Waals surface area contributed by atoms with Gasteiger partial charge in [-0.1, -0.05) is 53.5 Å². The smallest absolute Gasteiger partial charge is 0.406 e. The molecule has 2 unspecified atom stereocenters. The Labute approximate surface area is 220 Å². The maximum absolute atomic E-state index is 12.6. The Morgan fingerprint density at radius 2 is 1.68 bits per heavy atom. The molecule has 0 spiro atoms. The van der Waals surface area contributed by atoms with Crippen LogP contribution in [0.25, 0.3) is 17.1 Å². The van der Waals surface area contributed by atoms with Crippen LogP contribution >= 0.6 is 23.2 Å². The quantitative estimate of drug-likeness (QED) is 0.231. The SMILES string of the molecule is O=C(Cc1c(Cl)cccc1Cl)CC1CC1c1ccc(-c2ncn(-c3ccc(OC(F)(F)F)cc3)n2)cc1. The van der Waals surface area contributed by atoms with Gasteiger partial charge in [-0.05, 0) is 65.8 Å². The molecule has 0 radical (unpaired) electrons. The minimum Gasteiger partial charge on any atom is -0.406 e. The van der Waals surface area contributed by atoms with Crippen molar-refractivity contribution >= 4 is 29.0 Å². The number of halogens is 5. The van der Waals surface area contributed by atoms with Crippen molar-refractivity contribution in [2.45, 2.75) is 31.5 Å². The Morgan fingerprint density at radius 1 is 1.00 bits per heavy atom. The van der Waals surface area contributed by atoms with E-state index in [1.54, 1.807) is 18.2 Å². The molecule has 4 aromatic rings. The van der Waals surface area contributed by atoms with Gasteiger partial charge in [0.2, 0.25) is 0 Å². The number of carbonyl (C=O) groups excluding carboxylic acids is 1. The van der Waals surface area contributed by atoms with Gasteiger partial charge >= 0.3 is 6.36 Å². The molecule has 1 saturated carbocycles. The van der Waals surface area contributed by atoms with Crippen molar-refractivity contribution in [3.63, 3.8) is 0 Å². The van der Waals surface area contributed by atoms with Crippen molar-refractivity contribution in [1.82, 2.24) is 14.8 Å². The van der Waals surface area contributed by atoms with Gasteiger partial charge in [0.15, 0.2) is 5.82 Å². The molecule has 1 aromatic heterocycles. The number of benzene rings is 3. The number of carbonyl (C=O) groups is 1. The average Bonchev–Trinajstić information content (AvgIpc) is 3.43. The van der Waals surface area contributed by atoms with Gasteiger partial charge in [0.05, 0.1) is 5.69 Å². The molecule has 190 valence electrons. The predicted octanol–water partition coefficient (Wildman–Crippen LogP) is 7.45. The molecule has 1 heterocycles. The third-order valence-corrected chi connectivity index (χ3v) is 6.98. The molecule has 0 amide bonds. The lowest BCUT2D eigenvalue weighted by Gasteiger charge is -2.09. The summed E-state index contributed by atoms with van der Waals surface area (Å²) >= 11 is 12.4. The van der Waals surface area contributed by atoms with Crippen molar-refractivity contribution < 1.29 is 22.7 Å². The lowest BCUT2D eigenvalue weighted by molar-refractivity contribution is -0.274. The first-order valence-corrected chi connectivity index (χ1v) is 12.2. The molecule has 0 saturated heterocycles. The predicted molar refractivity (Wildman–Crippen MR) is 134 cm³/mol. The number of ether oxygens (including phenoxy) is 1. The summed E-state index contributed by atoms with van der Waals surface area (Å²) in [6, 6.07) is 18.5. The molecule has 37 heavy (non-hydrogen) atoms. The zero-order chi connectivity index (χ0) is 26.2. The van der Waals surface area contributed by atoms with E-state index in [1.807, 2.05) is 24.3 Å². The molecule has 10 heteroatoms. The molecule has 5 rings (SSSR count). The average molecular weight is 546 g/mol. The summed E-state index contributed by atoms with van der Waals surface area (Å²) in [7, 11) is 0. The molecular formula is C27H20Cl2F3N3O2. The van der Waals surface area contributed by atoms with E-state index in [-0.39, 0.29) is 18.0 Å². The Balaban J connectivity index is 1.18. The summed E-state index contributed by atoms with van der Waals surface area (Å²) in [5.74, 6) is 0.914. The molecular weight excluding hydrogens is 526 g/mol. The van der Waals surface area contributed by atoms with Gasteiger partial charge in [-0.25, -0.2) is 9.67 Å². The molecule has 0 N–H and O–H groups in total. The molecule has 1 fully saturated rings. The van der Waals surface area contributed by atoms with Crippen LogP contribution in [-0.2, 0) is 11.2 Å². The first-order valence-electron chi connectivity index (χ1n) is 11.5. The van der Waals surface area contributed by atoms with Crippen molar-refractivity contribution in [3.8, 4) is 22.8 Å². The van der Waals surface area contributed by atoms with Crippen molar-refractivity contribution in [1.29, 1.82) is 0 Å². The minimum absolute atomic E-state index is 0.117. The van der Waals surface area contributed by atoms with Gasteiger partial charge < -0.3 is 4.74 Å². The summed E-state index contributed by atoms with van der Waals surface area (Å²) in [4.78, 5) is 16.9. The highest BCUT2D eigenvalue weighted by Crippen LogP contribution is 2.50. The number of Topliss-reactive ketones (excluding diaryl/α,β-unsaturated/α-hetero) is 1. The standard InChI is InChI=1S/C27H20Cl2F3N3O2/c28-24-2-1-3-25(29)23(24)14-20(36)12-18-13-22(18)16-4-6-17(7-5-16)26-33-15-35(34-26)19-8-10-21(11-9-19)37-27(30,31)32/h1-11,15,18,22H,12-14H2. The Kier molecular flexibility index (Phi) is 6.96. The number of alkyl halides is 3. The van der Waals surface area contributed by atoms with Crippen molar-refractivity contribution in [3.05, 3.63) is 94.2 Å². The maximum atomic E-state index is 12.6. The zero-order valence-electron chi connectivity index (χ0n) is 19.3. The minimum atomic E-state index is -4.74. The molecule has 1 aliphatic carbocycles. The fourth-order valence-corrected chi connectivity index (χ4v) is 4.88. The van der Waals surface area contributed by atoms with E-state index in [1.165, 1.54) is 35.3 Å². The summed E-state index contributed by atoms with van der Waals surface area (Å²) in [6.45, 7) is 0. The summed E-state index contributed by atoms with van der Waals surface area (Å²) in [6.07, 6.45) is -1.59. The highest BCUT2D eigenvalue weighted by atomic mass is 35.5. The van der Waals surface area contributed by atoms with Gasteiger partial charge in [-0.3, -0.25) is 4.79 Å². The van der Waals surface area contributed by atoms with Gasteiger partial charge in [0, 0.05) is 28.5 Å². The normalized spacial score (nSPS) is 17.0. The number of nitrogens with zero attached hydrogens (tertiary/aromatic N) is 3. The van der Waals surface area contributed by atoms with Gasteiger partial charge in [0.25, 0.3) is 0 Å². The van der Waals surface area contributed by atoms with E-state index in [2.05, 4.69) is 14.8 Å². The second-order valence-corrected chi connectivity index (χ2v) is 9.71. The summed E-state index contributed by atoms with van der Waals surface area (Å²) in [5.41, 5.74) is 3.18. The summed E-state index contributed by atoms with van der Waals surface area (Å²) < 4.78 is 42.4. The van der Waals surface area contributed by atoms with E-state index in [0.717, 1.165) is 17.5 Å². The van der Waals surface area contributed by atoms with E-state index >= 15 is 0 Å². The monoisotopic (exact) mass is 545 g/mol. The number of ketones is 1. The molecule has 1 aliphatic rings. The van der Waals surface area contributed by atoms with Crippen LogP contribution in [0.2, 0.25) is 10.0 Å². The number of rotatable bonds is 8. The molecule has 2 atom stereocenters. The van der Waals surface area contributed by atoms with Crippen LogP contribution in [0.3, 0.4) is 0 Å². The fraction of sp³-hybridized carbons (Fsp3) is 0.222. The largest absolute Gasteiger partial charge is 0.573 e. The maximum Gasteiger partial charge on any atom is 0.573 e. The van der Waals surface area contributed by atoms with Gasteiger partial charge in [0.1, 0.15) is 17.9 Å². The van der Waals surface area contributed by atoms with E-state index in [0.29, 0.717) is 45.4 Å². The van der Waals surface area contributed by atoms with Gasteiger partial charge in [-0.15, -0.1) is 18.3 Å². The van der Waals surface area contributed by atoms with Crippen LogP contribution in [0.1, 0.15) is 29.9 Å². The van der Waals surface area contributed by atoms with Crippen LogP contribution in [0, 0.1) is 5.92 Å². The van der Waals surface area contributed by atoms with E-state index in [4.69, 9.17) is 23.2 Å². The van der Waals surface area contributed by atoms with Crippen LogP contribution in [0.15, 0.2) is 73.1 Å².